The van der Waals surface area contributed by atoms with Crippen LogP contribution in [0.1, 0.15) is 49.1 Å². The summed E-state index contributed by atoms with van der Waals surface area (Å²) in [5, 5.41) is 9.50. The molecule has 0 saturated carbocycles. The van der Waals surface area contributed by atoms with Gasteiger partial charge in [0.25, 0.3) is 0 Å². The SMILES string of the molecule is CC1(C)c2ccc(-c3ccc(-c4cc(C5=CC=CCC5)nc(-c5cccc(-c6ccccc6)c5)n4)cc3)cc2-c2ccc(C#N)cc21. The molecule has 1 heterocycles. The Balaban J connectivity index is 1.17. The highest BCUT2D eigenvalue weighted by Crippen LogP contribution is 2.50. The van der Waals surface area contributed by atoms with Gasteiger partial charge in [-0.2, -0.15) is 5.26 Å². The van der Waals surface area contributed by atoms with Crippen molar-refractivity contribution in [2.24, 2.45) is 0 Å². The first-order valence-electron chi connectivity index (χ1n) is 16.2. The van der Waals surface area contributed by atoms with Crippen LogP contribution in [0.5, 0.6) is 0 Å². The Hall–Kier alpha value is -5.85. The molecule has 0 saturated heterocycles. The molecule has 0 spiro atoms. The quantitative estimate of drug-likeness (QED) is 0.197. The van der Waals surface area contributed by atoms with Crippen LogP contribution in [0.3, 0.4) is 0 Å². The van der Waals surface area contributed by atoms with Crippen molar-refractivity contribution < 1.29 is 0 Å². The number of nitrogens with zero attached hydrogens (tertiary/aromatic N) is 3. The second-order valence-corrected chi connectivity index (χ2v) is 12.9. The average Bonchev–Trinajstić information content (AvgIpc) is 3.37. The molecule has 0 unspecified atom stereocenters. The minimum atomic E-state index is -0.146. The average molecular weight is 604 g/mol. The molecule has 3 nitrogen and oxygen atoms in total. The topological polar surface area (TPSA) is 49.6 Å². The lowest BCUT2D eigenvalue weighted by atomic mass is 9.81. The maximum absolute atomic E-state index is 9.50. The fourth-order valence-electron chi connectivity index (χ4n) is 7.01. The number of fused-ring (bicyclic) bond motifs is 3. The van der Waals surface area contributed by atoms with Crippen LogP contribution in [-0.4, -0.2) is 9.97 Å². The van der Waals surface area contributed by atoms with Gasteiger partial charge in [0.1, 0.15) is 0 Å². The van der Waals surface area contributed by atoms with Crippen LogP contribution in [-0.2, 0) is 5.41 Å². The molecule has 1 aromatic heterocycles. The zero-order chi connectivity index (χ0) is 32.0. The van der Waals surface area contributed by atoms with E-state index in [9.17, 15) is 5.26 Å². The Morgan fingerprint density at radius 2 is 1.30 bits per heavy atom. The molecule has 47 heavy (non-hydrogen) atoms. The molecule has 0 fully saturated rings. The molecule has 0 N–H and O–H groups in total. The van der Waals surface area contributed by atoms with E-state index in [1.165, 1.54) is 39.0 Å². The summed E-state index contributed by atoms with van der Waals surface area (Å²) >= 11 is 0. The molecule has 0 aliphatic heterocycles. The van der Waals surface area contributed by atoms with Crippen molar-refractivity contribution in [1.82, 2.24) is 9.97 Å². The molecule has 5 aromatic carbocycles. The van der Waals surface area contributed by atoms with Crippen LogP contribution < -0.4 is 0 Å². The van der Waals surface area contributed by atoms with Crippen LogP contribution >= 0.6 is 0 Å². The first-order valence-corrected chi connectivity index (χ1v) is 16.2. The Bertz CT molecular complexity index is 2270. The fraction of sp³-hybridized carbons (Fsp3) is 0.114. The molecule has 2 aliphatic rings. The van der Waals surface area contributed by atoms with Crippen molar-refractivity contribution in [1.29, 1.82) is 5.26 Å². The number of allylic oxidation sites excluding steroid dienone is 4. The lowest BCUT2D eigenvalue weighted by molar-refractivity contribution is 0.660. The molecular weight excluding hydrogens is 571 g/mol. The summed E-state index contributed by atoms with van der Waals surface area (Å²) in [4.78, 5) is 10.2. The Morgan fingerprint density at radius 3 is 2.09 bits per heavy atom. The first kappa shape index (κ1) is 28.6. The van der Waals surface area contributed by atoms with Gasteiger partial charge < -0.3 is 0 Å². The molecule has 224 valence electrons. The second-order valence-electron chi connectivity index (χ2n) is 12.9. The number of nitriles is 1. The molecule has 3 heteroatoms. The maximum atomic E-state index is 9.50. The van der Waals surface area contributed by atoms with Gasteiger partial charge in [-0.05, 0) is 93.3 Å². The second kappa shape index (κ2) is 11.5. The fourth-order valence-corrected chi connectivity index (χ4v) is 7.01. The van der Waals surface area contributed by atoms with Crippen molar-refractivity contribution in [2.75, 3.05) is 0 Å². The van der Waals surface area contributed by atoms with E-state index in [1.807, 2.05) is 18.2 Å². The van der Waals surface area contributed by atoms with E-state index in [1.54, 1.807) is 0 Å². The summed E-state index contributed by atoms with van der Waals surface area (Å²) in [6.07, 6.45) is 8.49. The van der Waals surface area contributed by atoms with Crippen LogP contribution in [0.25, 0.3) is 61.6 Å². The Morgan fingerprint density at radius 1 is 0.596 bits per heavy atom. The van der Waals surface area contributed by atoms with Crippen molar-refractivity contribution >= 4 is 5.57 Å². The summed E-state index contributed by atoms with van der Waals surface area (Å²) in [6.45, 7) is 4.49. The normalized spacial score (nSPS) is 14.2. The summed E-state index contributed by atoms with van der Waals surface area (Å²) in [6, 6.07) is 45.0. The Kier molecular flexibility index (Phi) is 7.00. The third-order valence-electron chi connectivity index (χ3n) is 9.62. The van der Waals surface area contributed by atoms with Gasteiger partial charge in [0.05, 0.1) is 23.0 Å². The van der Waals surface area contributed by atoms with E-state index in [2.05, 4.69) is 141 Å². The number of aromatic nitrogens is 2. The highest BCUT2D eigenvalue weighted by Gasteiger charge is 2.35. The number of hydrogen-bond donors (Lipinski definition) is 0. The van der Waals surface area contributed by atoms with Crippen LogP contribution in [0.15, 0.2) is 140 Å². The molecular formula is C44H33N3. The molecule has 8 rings (SSSR count). The van der Waals surface area contributed by atoms with Crippen molar-refractivity contribution in [3.05, 3.63) is 162 Å². The van der Waals surface area contributed by atoms with Crippen molar-refractivity contribution in [3.8, 4) is 62.1 Å². The van der Waals surface area contributed by atoms with E-state index in [0.717, 1.165) is 52.3 Å². The van der Waals surface area contributed by atoms with E-state index in [0.29, 0.717) is 5.56 Å². The van der Waals surface area contributed by atoms with E-state index in [-0.39, 0.29) is 5.41 Å². The minimum Gasteiger partial charge on any atom is -0.228 e. The molecule has 2 aliphatic carbocycles. The lowest BCUT2D eigenvalue weighted by Gasteiger charge is -2.21. The summed E-state index contributed by atoms with van der Waals surface area (Å²) in [5.41, 5.74) is 15.4. The zero-order valence-electron chi connectivity index (χ0n) is 26.5. The number of rotatable bonds is 5. The monoisotopic (exact) mass is 603 g/mol. The summed E-state index contributed by atoms with van der Waals surface area (Å²) < 4.78 is 0. The van der Waals surface area contributed by atoms with Gasteiger partial charge in [-0.25, -0.2) is 9.97 Å². The van der Waals surface area contributed by atoms with Crippen LogP contribution in [0, 0.1) is 11.3 Å². The molecule has 0 radical (unpaired) electrons. The van der Waals surface area contributed by atoms with Gasteiger partial charge in [0.15, 0.2) is 5.82 Å². The Labute approximate surface area is 276 Å². The van der Waals surface area contributed by atoms with Gasteiger partial charge in [0, 0.05) is 16.5 Å². The number of benzene rings is 5. The molecule has 0 bridgehead atoms. The number of hydrogen-bond acceptors (Lipinski definition) is 3. The van der Waals surface area contributed by atoms with E-state index in [4.69, 9.17) is 9.97 Å². The zero-order valence-corrected chi connectivity index (χ0v) is 26.5. The van der Waals surface area contributed by atoms with Gasteiger partial charge in [-0.3, -0.25) is 0 Å². The predicted octanol–water partition coefficient (Wildman–Crippen LogP) is 11.1. The van der Waals surface area contributed by atoms with E-state index >= 15 is 0 Å². The van der Waals surface area contributed by atoms with Crippen LogP contribution in [0.4, 0.5) is 0 Å². The van der Waals surface area contributed by atoms with Gasteiger partial charge >= 0.3 is 0 Å². The predicted molar refractivity (Wildman–Crippen MR) is 192 cm³/mol. The molecule has 0 atom stereocenters. The van der Waals surface area contributed by atoms with Crippen LogP contribution in [0.2, 0.25) is 0 Å². The molecule has 6 aromatic rings. The first-order chi connectivity index (χ1) is 23.0. The van der Waals surface area contributed by atoms with Crippen molar-refractivity contribution in [2.45, 2.75) is 32.1 Å². The smallest absolute Gasteiger partial charge is 0.160 e. The minimum absolute atomic E-state index is 0.146. The third kappa shape index (κ3) is 5.19. The lowest BCUT2D eigenvalue weighted by Crippen LogP contribution is -2.15. The standard InChI is InChI=1S/C44H33N3/c1-44(2)39-23-21-35(26-38(39)37-22-16-29(28-45)24-40(37)44)31-17-19-33(20-18-31)42-27-41(32-12-7-4-8-13-32)46-43(47-42)36-15-9-14-34(25-36)30-10-5-3-6-11-30/h3-7,9-12,14-27H,8,13H2,1-2H3. The van der Waals surface area contributed by atoms with Gasteiger partial charge in [-0.15, -0.1) is 0 Å². The summed E-state index contributed by atoms with van der Waals surface area (Å²) in [5.74, 6) is 0.731. The largest absolute Gasteiger partial charge is 0.228 e. The summed E-state index contributed by atoms with van der Waals surface area (Å²) in [7, 11) is 0. The maximum Gasteiger partial charge on any atom is 0.160 e. The van der Waals surface area contributed by atoms with Gasteiger partial charge in [0.2, 0.25) is 0 Å². The highest BCUT2D eigenvalue weighted by atomic mass is 14.9. The third-order valence-corrected chi connectivity index (χ3v) is 9.62. The van der Waals surface area contributed by atoms with Crippen molar-refractivity contribution in [3.63, 3.8) is 0 Å². The molecule has 0 amide bonds. The van der Waals surface area contributed by atoms with Gasteiger partial charge in [-0.1, -0.05) is 123 Å². The van der Waals surface area contributed by atoms with E-state index < -0.39 is 0 Å². The highest BCUT2D eigenvalue weighted by molar-refractivity contribution is 5.85.